The highest BCUT2D eigenvalue weighted by molar-refractivity contribution is 7.89. The molecular formula is C15H39O3P2S2+. The van der Waals surface area contributed by atoms with Crippen molar-refractivity contribution >= 4 is 47.7 Å². The molecule has 0 radical (unpaired) electrons. The highest BCUT2D eigenvalue weighted by Crippen LogP contribution is 2.27. The highest BCUT2D eigenvalue weighted by Gasteiger charge is 1.79. The molecule has 0 aliphatic rings. The summed E-state index contributed by atoms with van der Waals surface area (Å²) in [6.45, 7) is 17.7. The fraction of sp³-hybridized carbons (Fsp3) is 0.733. The summed E-state index contributed by atoms with van der Waals surface area (Å²) < 4.78 is 28.8. The molecule has 0 atom stereocenters. The number of sulfone groups is 1. The van der Waals surface area contributed by atoms with Crippen LogP contribution in [0.2, 0.25) is 0 Å². The summed E-state index contributed by atoms with van der Waals surface area (Å²) in [6, 6.07) is 0. The second-order valence-corrected chi connectivity index (χ2v) is 17.0. The molecule has 0 aromatic carbocycles. The molecule has 0 aliphatic carbocycles. The van der Waals surface area contributed by atoms with Gasteiger partial charge in [-0.15, -0.1) is 19.8 Å². The van der Waals surface area contributed by atoms with E-state index in [9.17, 15) is 12.6 Å². The lowest BCUT2D eigenvalue weighted by molar-refractivity contribution is 0.607. The van der Waals surface area contributed by atoms with Gasteiger partial charge in [0, 0.05) is 35.8 Å². The third-order valence-electron chi connectivity index (χ3n) is 0. The van der Waals surface area contributed by atoms with Crippen molar-refractivity contribution in [3.05, 3.63) is 12.2 Å². The van der Waals surface area contributed by atoms with Crippen LogP contribution >= 0.6 is 14.4 Å². The van der Waals surface area contributed by atoms with E-state index >= 15 is 0 Å². The molecule has 22 heavy (non-hydrogen) atoms. The topological polar surface area (TPSA) is 51.2 Å². The van der Waals surface area contributed by atoms with Crippen LogP contribution in [0, 0.1) is 0 Å². The minimum absolute atomic E-state index is 0.130. The average Bonchev–Trinajstić information content (AvgIpc) is 1.88. The van der Waals surface area contributed by atoms with Crippen LogP contribution in [0.3, 0.4) is 0 Å². The Balaban J connectivity index is -0.0000000550. The van der Waals surface area contributed by atoms with Crippen molar-refractivity contribution in [1.82, 2.24) is 0 Å². The van der Waals surface area contributed by atoms with Crippen LogP contribution in [0.15, 0.2) is 12.2 Å². The molecule has 0 heterocycles. The van der Waals surface area contributed by atoms with E-state index < -0.39 is 27.5 Å². The first kappa shape index (κ1) is 33.8. The zero-order chi connectivity index (χ0) is 19.7. The fourth-order valence-corrected chi connectivity index (χ4v) is 0. The van der Waals surface area contributed by atoms with Gasteiger partial charge in [0.25, 0.3) is 0 Å². The third kappa shape index (κ3) is 78800. The minimum Gasteiger partial charge on any atom is -0.260 e. The van der Waals surface area contributed by atoms with E-state index in [4.69, 9.17) is 0 Å². The first-order valence-electron chi connectivity index (χ1n) is 6.36. The normalized spacial score (nSPS) is 9.27. The quantitative estimate of drug-likeness (QED) is 0.465. The standard InChI is InChI=1S/C4H11P.C4H8.C3H8P.C2H6O2S.C2H6OS/c1-5(2,3)4;2*1-4(2)3;1-5(2,3)4;1-4(2)3/h1H2,2-4H3;2*1H2,2-3H3;1-2H3;1-2H3/q;;+1;;. The second kappa shape index (κ2) is 19.4. The van der Waals surface area contributed by atoms with Gasteiger partial charge in [0.2, 0.25) is 0 Å². The highest BCUT2D eigenvalue weighted by atomic mass is 32.2. The predicted molar refractivity (Wildman–Crippen MR) is 119 cm³/mol. The molecule has 0 aliphatic heterocycles. The lowest BCUT2D eigenvalue weighted by Crippen LogP contribution is -1.86. The molecule has 0 saturated heterocycles. The van der Waals surface area contributed by atoms with Gasteiger partial charge in [-0.25, -0.2) is 8.42 Å². The van der Waals surface area contributed by atoms with Gasteiger partial charge in [0.1, 0.15) is 9.84 Å². The lowest BCUT2D eigenvalue weighted by atomic mass is 10.4. The Morgan fingerprint density at radius 3 is 1.05 bits per heavy atom. The zero-order valence-corrected chi connectivity index (χ0v) is 20.0. The summed E-state index contributed by atoms with van der Waals surface area (Å²) in [7, 11) is -3.15. The molecule has 0 unspecified atom stereocenters. The van der Waals surface area contributed by atoms with Crippen LogP contribution in [0.5, 0.6) is 0 Å². The number of rotatable bonds is 0. The van der Waals surface area contributed by atoms with Crippen LogP contribution < -0.4 is 0 Å². The van der Waals surface area contributed by atoms with Crippen LogP contribution in [0.4, 0.5) is 0 Å². The van der Waals surface area contributed by atoms with Gasteiger partial charge >= 0.3 is 0 Å². The first-order valence-corrected chi connectivity index (χ1v) is 16.4. The van der Waals surface area contributed by atoms with Gasteiger partial charge in [-0.05, 0) is 33.8 Å². The maximum atomic E-state index is 9.63. The molecule has 0 fully saturated rings. The van der Waals surface area contributed by atoms with Gasteiger partial charge in [0.05, 0.1) is 27.2 Å². The van der Waals surface area contributed by atoms with Gasteiger partial charge < -0.3 is 0 Å². The van der Waals surface area contributed by atoms with Crippen LogP contribution in [0.1, 0.15) is 13.8 Å². The van der Waals surface area contributed by atoms with Crippen molar-refractivity contribution < 1.29 is 12.6 Å². The Kier molecular flexibility index (Phi) is 29.7. The maximum absolute atomic E-state index is 9.63. The summed E-state index contributed by atoms with van der Waals surface area (Å²) >= 11 is 0. The maximum Gasteiger partial charge on any atom is 0.144 e. The van der Waals surface area contributed by atoms with Gasteiger partial charge in [-0.1, -0.05) is 5.57 Å². The molecule has 0 aromatic heterocycles. The summed E-state index contributed by atoms with van der Waals surface area (Å²) in [5.74, 6) is 0. The summed E-state index contributed by atoms with van der Waals surface area (Å²) in [5.41, 5.74) is 1.17. The molecule has 0 amide bonds. The van der Waals surface area contributed by atoms with E-state index in [1.807, 2.05) is 13.8 Å². The molecule has 0 spiro atoms. The van der Waals surface area contributed by atoms with Crippen molar-refractivity contribution in [3.8, 4) is 0 Å². The van der Waals surface area contributed by atoms with Crippen LogP contribution in [-0.4, -0.2) is 83.6 Å². The van der Waals surface area contributed by atoms with E-state index in [0.717, 1.165) is 12.5 Å². The van der Waals surface area contributed by atoms with Crippen molar-refractivity contribution in [1.29, 1.82) is 0 Å². The number of hydrogen-bond acceptors (Lipinski definition) is 3. The molecule has 0 N–H and O–H groups in total. The number of hydrogen-bond donors (Lipinski definition) is 0. The molecule has 0 bridgehead atoms. The third-order valence-corrected chi connectivity index (χ3v) is 0. The monoisotopic (exact) mass is 393 g/mol. The molecule has 7 heteroatoms. The van der Waals surface area contributed by atoms with E-state index in [1.54, 1.807) is 12.5 Å². The number of allylic oxidation sites excluding steroid dienone is 1. The Labute approximate surface area is 144 Å². The second-order valence-electron chi connectivity index (χ2n) is 6.46. The molecular weight excluding hydrogens is 354 g/mol. The molecule has 0 rings (SSSR count). The Morgan fingerprint density at radius 1 is 1.05 bits per heavy atom. The lowest BCUT2D eigenvalue weighted by Gasteiger charge is -1.96. The Morgan fingerprint density at radius 2 is 1.05 bits per heavy atom. The van der Waals surface area contributed by atoms with Crippen molar-refractivity contribution in [2.24, 2.45) is 0 Å². The smallest absolute Gasteiger partial charge is 0.144 e. The van der Waals surface area contributed by atoms with Crippen molar-refractivity contribution in [2.75, 3.05) is 58.3 Å². The van der Waals surface area contributed by atoms with Crippen LogP contribution in [-0.2, 0) is 20.6 Å². The summed E-state index contributed by atoms with van der Waals surface area (Å²) in [4.78, 5) is 0. The minimum atomic E-state index is -2.67. The Hall–Kier alpha value is 0.310. The SMILES string of the molecule is C=C(C)C.C=P(C)(C)C.C=[P+](C)C.CS(C)(=O)=O.CS(C)=O. The van der Waals surface area contributed by atoms with E-state index in [2.05, 4.69) is 52.5 Å². The molecule has 138 valence electrons. The van der Waals surface area contributed by atoms with E-state index in [-0.39, 0.29) is 7.55 Å². The van der Waals surface area contributed by atoms with Crippen molar-refractivity contribution in [3.63, 3.8) is 0 Å². The Bertz CT molecular complexity index is 391. The largest absolute Gasteiger partial charge is 0.260 e. The molecule has 0 aromatic rings. The first-order chi connectivity index (χ1) is 9.20. The van der Waals surface area contributed by atoms with Crippen molar-refractivity contribution in [2.45, 2.75) is 13.8 Å². The van der Waals surface area contributed by atoms with E-state index in [1.165, 1.54) is 5.57 Å². The zero-order valence-electron chi connectivity index (χ0n) is 16.6. The molecule has 3 nitrogen and oxygen atoms in total. The van der Waals surface area contributed by atoms with Gasteiger partial charge in [-0.3, -0.25) is 4.21 Å². The van der Waals surface area contributed by atoms with Crippen LogP contribution in [0.25, 0.3) is 0 Å². The molecule has 0 saturated carbocycles. The summed E-state index contributed by atoms with van der Waals surface area (Å²) in [5, 5.41) is 0. The average molecular weight is 394 g/mol. The van der Waals surface area contributed by atoms with E-state index in [0.29, 0.717) is 0 Å². The van der Waals surface area contributed by atoms with Gasteiger partial charge in [0.15, 0.2) is 0 Å². The summed E-state index contributed by atoms with van der Waals surface area (Å²) in [6.07, 6.45) is 13.2. The van der Waals surface area contributed by atoms with Gasteiger partial charge in [-0.2, -0.15) is 0 Å². The fourth-order valence-electron chi connectivity index (χ4n) is 0. The predicted octanol–water partition coefficient (Wildman–Crippen LogP) is 3.72.